The van der Waals surface area contributed by atoms with Gasteiger partial charge in [-0.25, -0.2) is 0 Å². The minimum atomic E-state index is 0. The van der Waals surface area contributed by atoms with Crippen LogP contribution in [0.1, 0.15) is 19.3 Å². The topological polar surface area (TPSA) is 73.6 Å². The van der Waals surface area contributed by atoms with Crippen LogP contribution < -0.4 is 20.5 Å². The molecule has 118 valence electrons. The number of ether oxygens (including phenoxy) is 2. The largest absolute Gasteiger partial charge is 0.497 e. The first-order chi connectivity index (χ1) is 9.67. The summed E-state index contributed by atoms with van der Waals surface area (Å²) in [5.74, 6) is 1.65. The van der Waals surface area contributed by atoms with Crippen molar-refractivity contribution in [3.63, 3.8) is 0 Å². The Hall–Kier alpha value is -1.46. The fourth-order valence-electron chi connectivity index (χ4n) is 2.78. The van der Waals surface area contributed by atoms with Crippen LogP contribution in [0.2, 0.25) is 0 Å². The van der Waals surface area contributed by atoms with Crippen LogP contribution in [-0.2, 0) is 4.79 Å². The molecule has 1 saturated carbocycles. The summed E-state index contributed by atoms with van der Waals surface area (Å²) >= 11 is 0. The van der Waals surface area contributed by atoms with Gasteiger partial charge >= 0.3 is 0 Å². The molecule has 1 aromatic carbocycles. The number of hydrogen-bond donors (Lipinski definition) is 2. The highest BCUT2D eigenvalue weighted by Gasteiger charge is 2.31. The Morgan fingerprint density at radius 1 is 1.24 bits per heavy atom. The molecule has 1 aliphatic rings. The molecule has 0 unspecified atom stereocenters. The number of halogens is 1. The number of rotatable bonds is 5. The van der Waals surface area contributed by atoms with Crippen molar-refractivity contribution in [1.82, 2.24) is 0 Å². The molecule has 0 heterocycles. The number of amides is 1. The minimum absolute atomic E-state index is 0. The van der Waals surface area contributed by atoms with Crippen LogP contribution in [0.15, 0.2) is 18.2 Å². The first-order valence-corrected chi connectivity index (χ1v) is 6.92. The molecule has 21 heavy (non-hydrogen) atoms. The zero-order valence-corrected chi connectivity index (χ0v) is 13.2. The highest BCUT2D eigenvalue weighted by Crippen LogP contribution is 2.33. The molecule has 0 aromatic heterocycles. The van der Waals surface area contributed by atoms with E-state index in [2.05, 4.69) is 5.32 Å². The van der Waals surface area contributed by atoms with Crippen LogP contribution in [0.5, 0.6) is 11.5 Å². The van der Waals surface area contributed by atoms with E-state index < -0.39 is 0 Å². The van der Waals surface area contributed by atoms with Crippen molar-refractivity contribution < 1.29 is 14.3 Å². The SMILES string of the molecule is COc1cc(NC(=O)[C@@H]2CCC[C@@H]2CN)cc(OC)c1.Cl. The second-order valence-electron chi connectivity index (χ2n) is 5.12. The molecule has 0 spiro atoms. The van der Waals surface area contributed by atoms with Crippen molar-refractivity contribution in [3.05, 3.63) is 18.2 Å². The Balaban J connectivity index is 0.00000220. The summed E-state index contributed by atoms with van der Waals surface area (Å²) in [6.07, 6.45) is 3.02. The van der Waals surface area contributed by atoms with Gasteiger partial charge in [0.25, 0.3) is 0 Å². The number of nitrogens with two attached hydrogens (primary N) is 1. The van der Waals surface area contributed by atoms with Gasteiger partial charge in [0.2, 0.25) is 5.91 Å². The van der Waals surface area contributed by atoms with E-state index in [0.29, 0.717) is 29.6 Å². The van der Waals surface area contributed by atoms with Crippen molar-refractivity contribution in [2.75, 3.05) is 26.1 Å². The highest BCUT2D eigenvalue weighted by atomic mass is 35.5. The summed E-state index contributed by atoms with van der Waals surface area (Å²) in [4.78, 5) is 12.3. The van der Waals surface area contributed by atoms with Gasteiger partial charge in [-0.05, 0) is 25.3 Å². The van der Waals surface area contributed by atoms with Gasteiger partial charge in [0.05, 0.1) is 14.2 Å². The summed E-state index contributed by atoms with van der Waals surface area (Å²) in [6, 6.07) is 5.34. The van der Waals surface area contributed by atoms with Crippen LogP contribution in [0.25, 0.3) is 0 Å². The predicted octanol–water partition coefficient (Wildman–Crippen LogP) is 2.44. The van der Waals surface area contributed by atoms with E-state index in [4.69, 9.17) is 15.2 Å². The normalized spacial score (nSPS) is 20.5. The van der Waals surface area contributed by atoms with Crippen molar-refractivity contribution in [1.29, 1.82) is 0 Å². The molecule has 2 atom stereocenters. The van der Waals surface area contributed by atoms with E-state index in [1.54, 1.807) is 32.4 Å². The second-order valence-corrected chi connectivity index (χ2v) is 5.12. The van der Waals surface area contributed by atoms with Crippen LogP contribution in [-0.4, -0.2) is 26.7 Å². The maximum Gasteiger partial charge on any atom is 0.227 e. The summed E-state index contributed by atoms with van der Waals surface area (Å²) in [7, 11) is 3.17. The number of carbonyl (C=O) groups is 1. The summed E-state index contributed by atoms with van der Waals surface area (Å²) < 4.78 is 10.4. The lowest BCUT2D eigenvalue weighted by Gasteiger charge is -2.18. The third-order valence-corrected chi connectivity index (χ3v) is 3.92. The molecule has 1 aromatic rings. The lowest BCUT2D eigenvalue weighted by Crippen LogP contribution is -2.29. The lowest BCUT2D eigenvalue weighted by molar-refractivity contribution is -0.120. The zero-order chi connectivity index (χ0) is 14.5. The van der Waals surface area contributed by atoms with Crippen LogP contribution >= 0.6 is 12.4 Å². The number of nitrogens with one attached hydrogen (secondary N) is 1. The van der Waals surface area contributed by atoms with Gasteiger partial charge in [0.1, 0.15) is 11.5 Å². The van der Waals surface area contributed by atoms with E-state index in [0.717, 1.165) is 19.3 Å². The van der Waals surface area contributed by atoms with Gasteiger partial charge < -0.3 is 20.5 Å². The zero-order valence-electron chi connectivity index (χ0n) is 12.4. The smallest absolute Gasteiger partial charge is 0.227 e. The standard InChI is InChI=1S/C15H22N2O3.ClH/c1-19-12-6-11(7-13(8-12)20-2)17-15(18)14-5-3-4-10(14)9-16;/h6-8,10,14H,3-5,9,16H2,1-2H3,(H,17,18);1H/t10-,14-;/m1./s1. The summed E-state index contributed by atoms with van der Waals surface area (Å²) in [6.45, 7) is 0.569. The fraction of sp³-hybridized carbons (Fsp3) is 0.533. The molecule has 1 aliphatic carbocycles. The van der Waals surface area contributed by atoms with Gasteiger partial charge in [0.15, 0.2) is 0 Å². The predicted molar refractivity (Wildman–Crippen MR) is 85.3 cm³/mol. The molecule has 0 bridgehead atoms. The average Bonchev–Trinajstić information content (AvgIpc) is 2.95. The Bertz CT molecular complexity index is 460. The number of anilines is 1. The molecule has 0 saturated heterocycles. The third kappa shape index (κ3) is 4.25. The van der Waals surface area contributed by atoms with Gasteiger partial charge in [-0.1, -0.05) is 6.42 Å². The molecule has 0 aliphatic heterocycles. The molecule has 0 radical (unpaired) electrons. The van der Waals surface area contributed by atoms with E-state index >= 15 is 0 Å². The second kappa shape index (κ2) is 8.10. The maximum atomic E-state index is 12.3. The molecule has 1 fully saturated rings. The Morgan fingerprint density at radius 2 is 1.86 bits per heavy atom. The van der Waals surface area contributed by atoms with Gasteiger partial charge in [0, 0.05) is 29.8 Å². The van der Waals surface area contributed by atoms with Crippen LogP contribution in [0.4, 0.5) is 5.69 Å². The molecule has 6 heteroatoms. The van der Waals surface area contributed by atoms with E-state index in [9.17, 15) is 4.79 Å². The van der Waals surface area contributed by atoms with Crippen molar-refractivity contribution in [3.8, 4) is 11.5 Å². The quantitative estimate of drug-likeness (QED) is 0.875. The highest BCUT2D eigenvalue weighted by molar-refractivity contribution is 5.93. The molecular formula is C15H23ClN2O3. The number of hydrogen-bond acceptors (Lipinski definition) is 4. The van der Waals surface area contributed by atoms with Gasteiger partial charge in [-0.3, -0.25) is 4.79 Å². The lowest BCUT2D eigenvalue weighted by atomic mass is 9.95. The number of methoxy groups -OCH3 is 2. The first-order valence-electron chi connectivity index (χ1n) is 6.92. The van der Waals surface area contributed by atoms with E-state index in [1.165, 1.54) is 0 Å². The van der Waals surface area contributed by atoms with Crippen molar-refractivity contribution in [2.45, 2.75) is 19.3 Å². The third-order valence-electron chi connectivity index (χ3n) is 3.92. The Kier molecular flexibility index (Phi) is 6.78. The molecule has 1 amide bonds. The summed E-state index contributed by atoms with van der Waals surface area (Å²) in [5, 5.41) is 2.94. The molecule has 2 rings (SSSR count). The van der Waals surface area contributed by atoms with E-state index in [-0.39, 0.29) is 24.2 Å². The minimum Gasteiger partial charge on any atom is -0.497 e. The van der Waals surface area contributed by atoms with Crippen molar-refractivity contribution >= 4 is 24.0 Å². The molecule has 5 nitrogen and oxygen atoms in total. The number of benzene rings is 1. The van der Waals surface area contributed by atoms with Crippen molar-refractivity contribution in [2.24, 2.45) is 17.6 Å². The van der Waals surface area contributed by atoms with Crippen LogP contribution in [0.3, 0.4) is 0 Å². The molecule has 3 N–H and O–H groups in total. The number of carbonyl (C=O) groups excluding carboxylic acids is 1. The fourth-order valence-corrected chi connectivity index (χ4v) is 2.78. The Labute approximate surface area is 131 Å². The summed E-state index contributed by atoms with van der Waals surface area (Å²) in [5.41, 5.74) is 6.42. The van der Waals surface area contributed by atoms with Crippen LogP contribution in [0, 0.1) is 11.8 Å². The molecular weight excluding hydrogens is 292 g/mol. The monoisotopic (exact) mass is 314 g/mol. The average molecular weight is 315 g/mol. The van der Waals surface area contributed by atoms with Gasteiger partial charge in [-0.2, -0.15) is 0 Å². The van der Waals surface area contributed by atoms with Gasteiger partial charge in [-0.15, -0.1) is 12.4 Å². The first kappa shape index (κ1) is 17.6. The Morgan fingerprint density at radius 3 is 2.38 bits per heavy atom. The maximum absolute atomic E-state index is 12.3. The van der Waals surface area contributed by atoms with E-state index in [1.807, 2.05) is 0 Å².